The zero-order valence-corrected chi connectivity index (χ0v) is 20.0. The summed E-state index contributed by atoms with van der Waals surface area (Å²) >= 11 is 12.1. The standard InChI is InChI=1S/C24H30Cl2N2O3/c1-5-16(3)27-24(30)22(6-2)28(15-18-8-7-9-19(12-18)31-4)23(29)14-17-10-11-20(25)21(26)13-17/h7-13,16,22H,5-6,14-15H2,1-4H3,(H,27,30)/t16-,22+/m0/s1. The molecule has 0 heterocycles. The molecule has 0 saturated carbocycles. The Kier molecular flexibility index (Phi) is 9.66. The number of benzene rings is 2. The topological polar surface area (TPSA) is 58.6 Å². The molecule has 168 valence electrons. The van der Waals surface area contributed by atoms with E-state index in [1.165, 1.54) is 0 Å². The maximum absolute atomic E-state index is 13.4. The number of ether oxygens (including phenoxy) is 1. The first-order valence-electron chi connectivity index (χ1n) is 10.5. The largest absolute Gasteiger partial charge is 0.497 e. The Hall–Kier alpha value is -2.24. The Morgan fingerprint density at radius 1 is 1.03 bits per heavy atom. The number of nitrogens with one attached hydrogen (secondary N) is 1. The highest BCUT2D eigenvalue weighted by atomic mass is 35.5. The number of rotatable bonds is 10. The van der Waals surface area contributed by atoms with Gasteiger partial charge in [-0.15, -0.1) is 0 Å². The van der Waals surface area contributed by atoms with E-state index in [1.807, 2.05) is 45.0 Å². The minimum absolute atomic E-state index is 0.0328. The van der Waals surface area contributed by atoms with Crippen molar-refractivity contribution in [2.45, 2.75) is 58.7 Å². The van der Waals surface area contributed by atoms with E-state index in [-0.39, 0.29) is 24.3 Å². The molecule has 31 heavy (non-hydrogen) atoms. The van der Waals surface area contributed by atoms with Crippen molar-refractivity contribution in [1.29, 1.82) is 0 Å². The van der Waals surface area contributed by atoms with Crippen LogP contribution >= 0.6 is 23.2 Å². The van der Waals surface area contributed by atoms with Gasteiger partial charge in [0.1, 0.15) is 11.8 Å². The van der Waals surface area contributed by atoms with Crippen LogP contribution in [0, 0.1) is 0 Å². The lowest BCUT2D eigenvalue weighted by Crippen LogP contribution is -2.51. The first kappa shape index (κ1) is 25.0. The Balaban J connectivity index is 2.33. The average molecular weight is 465 g/mol. The van der Waals surface area contributed by atoms with Crippen LogP contribution in [0.3, 0.4) is 0 Å². The molecule has 0 saturated heterocycles. The molecule has 1 N–H and O–H groups in total. The smallest absolute Gasteiger partial charge is 0.243 e. The number of carbonyl (C=O) groups is 2. The van der Waals surface area contributed by atoms with Crippen LogP contribution in [0.1, 0.15) is 44.7 Å². The second-order valence-electron chi connectivity index (χ2n) is 7.54. The van der Waals surface area contributed by atoms with E-state index < -0.39 is 6.04 Å². The van der Waals surface area contributed by atoms with Crippen LogP contribution in [0.2, 0.25) is 10.0 Å². The average Bonchev–Trinajstić information content (AvgIpc) is 2.76. The van der Waals surface area contributed by atoms with Crippen molar-refractivity contribution < 1.29 is 14.3 Å². The summed E-state index contributed by atoms with van der Waals surface area (Å²) in [6.45, 7) is 6.17. The normalized spacial score (nSPS) is 12.7. The zero-order valence-electron chi connectivity index (χ0n) is 18.5. The molecular formula is C24H30Cl2N2O3. The Morgan fingerprint density at radius 3 is 2.39 bits per heavy atom. The maximum atomic E-state index is 13.4. The molecule has 5 nitrogen and oxygen atoms in total. The fourth-order valence-corrected chi connectivity index (χ4v) is 3.57. The Morgan fingerprint density at radius 2 is 1.77 bits per heavy atom. The predicted molar refractivity (Wildman–Crippen MR) is 126 cm³/mol. The van der Waals surface area contributed by atoms with Crippen molar-refractivity contribution >= 4 is 35.0 Å². The lowest BCUT2D eigenvalue weighted by atomic mass is 10.1. The van der Waals surface area contributed by atoms with E-state index >= 15 is 0 Å². The molecule has 0 bridgehead atoms. The first-order valence-corrected chi connectivity index (χ1v) is 11.2. The molecule has 0 aliphatic carbocycles. The summed E-state index contributed by atoms with van der Waals surface area (Å²) < 4.78 is 5.31. The van der Waals surface area contributed by atoms with Crippen molar-refractivity contribution in [2.24, 2.45) is 0 Å². The molecule has 0 aliphatic rings. The number of carbonyl (C=O) groups excluding carboxylic acids is 2. The molecule has 2 aromatic rings. The third kappa shape index (κ3) is 7.15. The molecule has 0 aromatic heterocycles. The van der Waals surface area contributed by atoms with E-state index in [2.05, 4.69) is 5.32 Å². The van der Waals surface area contributed by atoms with Gasteiger partial charge in [0.05, 0.1) is 23.6 Å². The second kappa shape index (κ2) is 12.0. The van der Waals surface area contributed by atoms with Crippen molar-refractivity contribution in [2.75, 3.05) is 7.11 Å². The number of hydrogen-bond donors (Lipinski definition) is 1. The fraction of sp³-hybridized carbons (Fsp3) is 0.417. The number of amides is 2. The van der Waals surface area contributed by atoms with Crippen molar-refractivity contribution in [3.8, 4) is 5.75 Å². The summed E-state index contributed by atoms with van der Waals surface area (Å²) in [5.41, 5.74) is 1.63. The number of methoxy groups -OCH3 is 1. The van der Waals surface area contributed by atoms with Gasteiger partial charge in [0.25, 0.3) is 0 Å². The van der Waals surface area contributed by atoms with Gasteiger partial charge in [-0.25, -0.2) is 0 Å². The van der Waals surface area contributed by atoms with Crippen molar-refractivity contribution in [3.05, 3.63) is 63.6 Å². The highest BCUT2D eigenvalue weighted by Crippen LogP contribution is 2.24. The summed E-state index contributed by atoms with van der Waals surface area (Å²) in [6.07, 6.45) is 1.43. The number of halogens is 2. The van der Waals surface area contributed by atoms with Gasteiger partial charge in [-0.1, -0.05) is 55.2 Å². The Bertz CT molecular complexity index is 904. The molecule has 0 unspecified atom stereocenters. The summed E-state index contributed by atoms with van der Waals surface area (Å²) in [7, 11) is 1.60. The van der Waals surface area contributed by atoms with Gasteiger partial charge >= 0.3 is 0 Å². The highest BCUT2D eigenvalue weighted by Gasteiger charge is 2.29. The summed E-state index contributed by atoms with van der Waals surface area (Å²) in [6, 6.07) is 12.1. The van der Waals surface area contributed by atoms with Crippen molar-refractivity contribution in [1.82, 2.24) is 10.2 Å². The third-order valence-electron chi connectivity index (χ3n) is 5.21. The third-order valence-corrected chi connectivity index (χ3v) is 5.95. The van der Waals surface area contributed by atoms with E-state index in [9.17, 15) is 9.59 Å². The van der Waals surface area contributed by atoms with Gasteiger partial charge in [-0.2, -0.15) is 0 Å². The minimum Gasteiger partial charge on any atom is -0.497 e. The van der Waals surface area contributed by atoms with E-state index in [0.717, 1.165) is 17.5 Å². The first-order chi connectivity index (χ1) is 14.8. The highest BCUT2D eigenvalue weighted by molar-refractivity contribution is 6.42. The predicted octanol–water partition coefficient (Wildman–Crippen LogP) is 5.27. The number of nitrogens with zero attached hydrogens (tertiary/aromatic N) is 1. The van der Waals surface area contributed by atoms with Crippen LogP contribution < -0.4 is 10.1 Å². The van der Waals surface area contributed by atoms with E-state index in [0.29, 0.717) is 28.8 Å². The van der Waals surface area contributed by atoms with Crippen LogP contribution in [-0.2, 0) is 22.6 Å². The second-order valence-corrected chi connectivity index (χ2v) is 8.35. The van der Waals surface area contributed by atoms with Gasteiger partial charge in [0.15, 0.2) is 0 Å². The van der Waals surface area contributed by atoms with Crippen LogP contribution in [-0.4, -0.2) is 35.9 Å². The molecule has 2 aromatic carbocycles. The summed E-state index contributed by atoms with van der Waals surface area (Å²) in [4.78, 5) is 28.0. The van der Waals surface area contributed by atoms with Gasteiger partial charge < -0.3 is 15.0 Å². The van der Waals surface area contributed by atoms with Crippen LogP contribution in [0.4, 0.5) is 0 Å². The molecule has 0 radical (unpaired) electrons. The summed E-state index contributed by atoms with van der Waals surface area (Å²) in [5.74, 6) is 0.390. The van der Waals surface area contributed by atoms with Crippen molar-refractivity contribution in [3.63, 3.8) is 0 Å². The molecule has 0 fully saturated rings. The lowest BCUT2D eigenvalue weighted by Gasteiger charge is -2.31. The van der Waals surface area contributed by atoms with Gasteiger partial charge in [-0.05, 0) is 55.2 Å². The molecule has 2 amide bonds. The molecule has 2 rings (SSSR count). The molecular weight excluding hydrogens is 435 g/mol. The van der Waals surface area contributed by atoms with Crippen LogP contribution in [0.25, 0.3) is 0 Å². The molecule has 2 atom stereocenters. The maximum Gasteiger partial charge on any atom is 0.243 e. The molecule has 0 spiro atoms. The lowest BCUT2D eigenvalue weighted by molar-refractivity contribution is -0.141. The minimum atomic E-state index is -0.588. The molecule has 0 aliphatic heterocycles. The van der Waals surface area contributed by atoms with Gasteiger partial charge in [-0.3, -0.25) is 9.59 Å². The monoisotopic (exact) mass is 464 g/mol. The van der Waals surface area contributed by atoms with E-state index in [4.69, 9.17) is 27.9 Å². The Labute approximate surface area is 194 Å². The summed E-state index contributed by atoms with van der Waals surface area (Å²) in [5, 5.41) is 3.84. The van der Waals surface area contributed by atoms with Gasteiger partial charge in [0, 0.05) is 12.6 Å². The zero-order chi connectivity index (χ0) is 23.0. The molecule has 7 heteroatoms. The van der Waals surface area contributed by atoms with Crippen LogP contribution in [0.5, 0.6) is 5.75 Å². The van der Waals surface area contributed by atoms with E-state index in [1.54, 1.807) is 30.2 Å². The SMILES string of the molecule is CC[C@H](C(=O)N[C@@H](C)CC)N(Cc1cccc(OC)c1)C(=O)Cc1ccc(Cl)c(Cl)c1. The van der Waals surface area contributed by atoms with Gasteiger partial charge in [0.2, 0.25) is 11.8 Å². The number of hydrogen-bond acceptors (Lipinski definition) is 3. The fourth-order valence-electron chi connectivity index (χ4n) is 3.25. The van der Waals surface area contributed by atoms with Crippen LogP contribution in [0.15, 0.2) is 42.5 Å². The quantitative estimate of drug-likeness (QED) is 0.520.